The zero-order chi connectivity index (χ0) is 25.2. The van der Waals surface area contributed by atoms with Gasteiger partial charge in [0.15, 0.2) is 11.5 Å². The van der Waals surface area contributed by atoms with Crippen molar-refractivity contribution in [3.05, 3.63) is 48.0 Å². The summed E-state index contributed by atoms with van der Waals surface area (Å²) < 4.78 is 15.9. The molecule has 9 heteroatoms. The van der Waals surface area contributed by atoms with Crippen LogP contribution in [0.15, 0.2) is 42.5 Å². The van der Waals surface area contributed by atoms with E-state index in [2.05, 4.69) is 0 Å². The standard InChI is InChI=1S/C27H28N2O7/c1-17(30)36-21-10-8-20(9-11-21)29-25(31)14-22(27(29)33)28(26(32)19-5-3-2-4-6-19)15-18-7-12-23-24(13-18)35-16-34-23/h7-13,19,22H,2-6,14-16H2,1H3. The maximum Gasteiger partial charge on any atom is 0.308 e. The molecular weight excluding hydrogens is 464 g/mol. The summed E-state index contributed by atoms with van der Waals surface area (Å²) in [7, 11) is 0. The van der Waals surface area contributed by atoms with Gasteiger partial charge in [-0.25, -0.2) is 4.90 Å². The number of esters is 1. The van der Waals surface area contributed by atoms with E-state index in [1.165, 1.54) is 19.1 Å². The molecule has 2 aromatic rings. The van der Waals surface area contributed by atoms with Crippen LogP contribution in [0, 0.1) is 5.92 Å². The highest BCUT2D eigenvalue weighted by Crippen LogP contribution is 2.35. The van der Waals surface area contributed by atoms with Crippen LogP contribution in [0.2, 0.25) is 0 Å². The molecule has 2 fully saturated rings. The van der Waals surface area contributed by atoms with Crippen LogP contribution in [0.1, 0.15) is 51.0 Å². The lowest BCUT2D eigenvalue weighted by atomic mass is 9.87. The number of rotatable bonds is 6. The van der Waals surface area contributed by atoms with E-state index in [9.17, 15) is 19.2 Å². The van der Waals surface area contributed by atoms with Crippen molar-refractivity contribution in [2.24, 2.45) is 5.92 Å². The third-order valence-electron chi connectivity index (χ3n) is 6.88. The molecule has 3 aliphatic rings. The summed E-state index contributed by atoms with van der Waals surface area (Å²) in [6, 6.07) is 10.7. The molecule has 1 atom stereocenters. The van der Waals surface area contributed by atoms with Crippen molar-refractivity contribution in [2.45, 2.75) is 58.0 Å². The Labute approximate surface area is 208 Å². The first-order valence-corrected chi connectivity index (χ1v) is 12.2. The molecule has 2 aromatic carbocycles. The topological polar surface area (TPSA) is 102 Å². The van der Waals surface area contributed by atoms with E-state index in [1.54, 1.807) is 23.1 Å². The lowest BCUT2D eigenvalue weighted by Crippen LogP contribution is -2.47. The summed E-state index contributed by atoms with van der Waals surface area (Å²) in [6.45, 7) is 1.63. The van der Waals surface area contributed by atoms with Gasteiger partial charge < -0.3 is 19.1 Å². The fourth-order valence-corrected chi connectivity index (χ4v) is 5.12. The maximum atomic E-state index is 13.7. The number of carbonyl (C=O) groups is 4. The van der Waals surface area contributed by atoms with Crippen LogP contribution < -0.4 is 19.1 Å². The van der Waals surface area contributed by atoms with E-state index in [1.807, 2.05) is 12.1 Å². The zero-order valence-corrected chi connectivity index (χ0v) is 20.1. The molecule has 0 N–H and O–H groups in total. The van der Waals surface area contributed by atoms with E-state index in [4.69, 9.17) is 14.2 Å². The second-order valence-corrected chi connectivity index (χ2v) is 9.36. The summed E-state index contributed by atoms with van der Waals surface area (Å²) in [5.41, 5.74) is 1.17. The number of fused-ring (bicyclic) bond motifs is 1. The average molecular weight is 493 g/mol. The molecule has 36 heavy (non-hydrogen) atoms. The van der Waals surface area contributed by atoms with Crippen LogP contribution in [0.25, 0.3) is 0 Å². The van der Waals surface area contributed by atoms with Crippen molar-refractivity contribution in [1.82, 2.24) is 4.90 Å². The molecule has 2 heterocycles. The van der Waals surface area contributed by atoms with Crippen LogP contribution >= 0.6 is 0 Å². The number of amides is 3. The predicted octanol–water partition coefficient (Wildman–Crippen LogP) is 3.58. The molecule has 1 saturated carbocycles. The Hall–Kier alpha value is -3.88. The van der Waals surface area contributed by atoms with Crippen LogP contribution in [-0.4, -0.2) is 41.4 Å². The molecule has 5 rings (SSSR count). The molecule has 1 unspecified atom stereocenters. The van der Waals surface area contributed by atoms with E-state index >= 15 is 0 Å². The number of nitrogens with zero attached hydrogens (tertiary/aromatic N) is 2. The Morgan fingerprint density at radius 2 is 1.72 bits per heavy atom. The van der Waals surface area contributed by atoms with Crippen molar-refractivity contribution in [2.75, 3.05) is 11.7 Å². The normalized spacial score (nSPS) is 19.5. The van der Waals surface area contributed by atoms with E-state index < -0.39 is 17.9 Å². The van der Waals surface area contributed by atoms with E-state index in [0.717, 1.165) is 42.6 Å². The number of carbonyl (C=O) groups excluding carboxylic acids is 4. The molecule has 1 saturated heterocycles. The first-order valence-electron chi connectivity index (χ1n) is 12.2. The van der Waals surface area contributed by atoms with Crippen LogP contribution in [-0.2, 0) is 25.7 Å². The number of benzene rings is 2. The fourth-order valence-electron chi connectivity index (χ4n) is 5.12. The molecule has 0 aromatic heterocycles. The first kappa shape index (κ1) is 23.8. The van der Waals surface area contributed by atoms with Gasteiger partial charge in [-0.15, -0.1) is 0 Å². The second kappa shape index (κ2) is 10.0. The summed E-state index contributed by atoms with van der Waals surface area (Å²) in [5.74, 6) is 0.0245. The highest BCUT2D eigenvalue weighted by Gasteiger charge is 2.45. The minimum absolute atomic E-state index is 0.0897. The van der Waals surface area contributed by atoms with Crippen molar-refractivity contribution in [3.8, 4) is 17.2 Å². The molecule has 188 valence electrons. The molecule has 0 bridgehead atoms. The number of anilines is 1. The summed E-state index contributed by atoms with van der Waals surface area (Å²) in [6.07, 6.45) is 4.54. The van der Waals surface area contributed by atoms with Crippen molar-refractivity contribution in [1.29, 1.82) is 0 Å². The molecule has 0 spiro atoms. The van der Waals surface area contributed by atoms with Crippen LogP contribution in [0.5, 0.6) is 17.2 Å². The first-order chi connectivity index (χ1) is 17.4. The van der Waals surface area contributed by atoms with Gasteiger partial charge in [-0.1, -0.05) is 25.3 Å². The van der Waals surface area contributed by atoms with Gasteiger partial charge in [0, 0.05) is 19.4 Å². The molecule has 1 aliphatic carbocycles. The third kappa shape index (κ3) is 4.78. The van der Waals surface area contributed by atoms with Crippen molar-refractivity contribution in [3.63, 3.8) is 0 Å². The number of hydrogen-bond acceptors (Lipinski definition) is 7. The number of ether oxygens (including phenoxy) is 3. The van der Waals surface area contributed by atoms with Gasteiger partial charge in [-0.3, -0.25) is 19.2 Å². The lowest BCUT2D eigenvalue weighted by molar-refractivity contribution is -0.143. The highest BCUT2D eigenvalue weighted by atomic mass is 16.7. The largest absolute Gasteiger partial charge is 0.454 e. The lowest BCUT2D eigenvalue weighted by Gasteiger charge is -2.32. The quantitative estimate of drug-likeness (QED) is 0.345. The van der Waals surface area contributed by atoms with E-state index in [0.29, 0.717) is 22.9 Å². The van der Waals surface area contributed by atoms with Gasteiger partial charge >= 0.3 is 5.97 Å². The third-order valence-corrected chi connectivity index (χ3v) is 6.88. The molecule has 3 amide bonds. The van der Waals surface area contributed by atoms with Crippen LogP contribution in [0.3, 0.4) is 0 Å². The zero-order valence-electron chi connectivity index (χ0n) is 20.1. The summed E-state index contributed by atoms with van der Waals surface area (Å²) in [4.78, 5) is 54.2. The summed E-state index contributed by atoms with van der Waals surface area (Å²) in [5, 5.41) is 0. The highest BCUT2D eigenvalue weighted by molar-refractivity contribution is 6.23. The Morgan fingerprint density at radius 1 is 1.00 bits per heavy atom. The van der Waals surface area contributed by atoms with Gasteiger partial charge in [-0.05, 0) is 54.8 Å². The second-order valence-electron chi connectivity index (χ2n) is 9.36. The number of imide groups is 1. The minimum atomic E-state index is -0.898. The van der Waals surface area contributed by atoms with Crippen LogP contribution in [0.4, 0.5) is 5.69 Å². The Bertz CT molecular complexity index is 1190. The van der Waals surface area contributed by atoms with E-state index in [-0.39, 0.29) is 37.5 Å². The predicted molar refractivity (Wildman–Crippen MR) is 128 cm³/mol. The Morgan fingerprint density at radius 3 is 2.44 bits per heavy atom. The Kier molecular flexibility index (Phi) is 6.63. The molecule has 9 nitrogen and oxygen atoms in total. The molecule has 0 radical (unpaired) electrons. The fraction of sp³-hybridized carbons (Fsp3) is 0.407. The van der Waals surface area contributed by atoms with Gasteiger partial charge in [-0.2, -0.15) is 0 Å². The van der Waals surface area contributed by atoms with Crippen molar-refractivity contribution < 1.29 is 33.4 Å². The summed E-state index contributed by atoms with van der Waals surface area (Å²) >= 11 is 0. The maximum absolute atomic E-state index is 13.7. The van der Waals surface area contributed by atoms with Gasteiger partial charge in [0.25, 0.3) is 5.91 Å². The van der Waals surface area contributed by atoms with Gasteiger partial charge in [0.1, 0.15) is 11.8 Å². The van der Waals surface area contributed by atoms with Gasteiger partial charge in [0.05, 0.1) is 12.1 Å². The molecule has 2 aliphatic heterocycles. The monoisotopic (exact) mass is 492 g/mol. The van der Waals surface area contributed by atoms with Crippen molar-refractivity contribution >= 4 is 29.4 Å². The number of hydrogen-bond donors (Lipinski definition) is 0. The SMILES string of the molecule is CC(=O)Oc1ccc(N2C(=O)CC(N(Cc3ccc4c(c3)OCO4)C(=O)C3CCCCC3)C2=O)cc1. The molecular formula is C27H28N2O7. The average Bonchev–Trinajstić information content (AvgIpc) is 3.46. The Balaban J connectivity index is 1.41. The van der Waals surface area contributed by atoms with Gasteiger partial charge in [0.2, 0.25) is 18.6 Å². The smallest absolute Gasteiger partial charge is 0.308 e. The minimum Gasteiger partial charge on any atom is -0.454 e.